The van der Waals surface area contributed by atoms with Crippen molar-refractivity contribution in [2.75, 3.05) is 31.8 Å². The van der Waals surface area contributed by atoms with Crippen LogP contribution in [0.25, 0.3) is 0 Å². The fourth-order valence-corrected chi connectivity index (χ4v) is 2.87. The maximum atomic E-state index is 12.1. The van der Waals surface area contributed by atoms with Crippen molar-refractivity contribution in [1.29, 1.82) is 0 Å². The minimum Gasteiger partial charge on any atom is -0.397 e. The van der Waals surface area contributed by atoms with Crippen LogP contribution in [0.5, 0.6) is 0 Å². The van der Waals surface area contributed by atoms with Crippen molar-refractivity contribution in [2.24, 2.45) is 0 Å². The zero-order chi connectivity index (χ0) is 15.6. The highest BCUT2D eigenvalue weighted by molar-refractivity contribution is 7.09. The summed E-state index contributed by atoms with van der Waals surface area (Å²) >= 11 is 1.63. The van der Waals surface area contributed by atoms with Gasteiger partial charge in [-0.1, -0.05) is 0 Å². The summed E-state index contributed by atoms with van der Waals surface area (Å²) in [7, 11) is 5.44. The van der Waals surface area contributed by atoms with Crippen molar-refractivity contribution in [3.63, 3.8) is 0 Å². The van der Waals surface area contributed by atoms with Crippen molar-refractivity contribution in [3.05, 3.63) is 39.8 Å². The van der Waals surface area contributed by atoms with E-state index in [-0.39, 0.29) is 5.91 Å². The molecule has 5 nitrogen and oxygen atoms in total. The van der Waals surface area contributed by atoms with Crippen molar-refractivity contribution >= 4 is 28.6 Å². The molecule has 2 aromatic rings. The van der Waals surface area contributed by atoms with Crippen molar-refractivity contribution in [3.8, 4) is 0 Å². The lowest BCUT2D eigenvalue weighted by Crippen LogP contribution is -2.23. The lowest BCUT2D eigenvalue weighted by molar-refractivity contribution is 0.0827. The fourth-order valence-electron chi connectivity index (χ4n) is 2.04. The molecule has 1 heterocycles. The second-order valence-corrected chi connectivity index (χ2v) is 6.13. The summed E-state index contributed by atoms with van der Waals surface area (Å²) in [4.78, 5) is 21.1. The average molecular weight is 304 g/mol. The molecule has 0 atom stereocenters. The number of thiazole rings is 1. The SMILES string of the molecule is Cc1ncsc1CN(C)c1cc(C(=O)N(C)C)ccc1N. The Balaban J connectivity index is 2.28. The molecule has 0 fully saturated rings. The van der Waals surface area contributed by atoms with Gasteiger partial charge in [0.25, 0.3) is 5.91 Å². The second-order valence-electron chi connectivity index (χ2n) is 5.19. The van der Waals surface area contributed by atoms with Crippen LogP contribution in [0.2, 0.25) is 0 Å². The largest absolute Gasteiger partial charge is 0.397 e. The van der Waals surface area contributed by atoms with Gasteiger partial charge in [-0.15, -0.1) is 11.3 Å². The van der Waals surface area contributed by atoms with E-state index in [1.807, 2.05) is 30.4 Å². The van der Waals surface area contributed by atoms with Crippen LogP contribution in [0, 0.1) is 6.92 Å². The van der Waals surface area contributed by atoms with Crippen molar-refractivity contribution < 1.29 is 4.79 Å². The normalized spacial score (nSPS) is 10.5. The van der Waals surface area contributed by atoms with Gasteiger partial charge >= 0.3 is 0 Å². The quantitative estimate of drug-likeness (QED) is 0.881. The number of aryl methyl sites for hydroxylation is 1. The zero-order valence-electron chi connectivity index (χ0n) is 12.8. The standard InChI is InChI=1S/C15H20N4OS/c1-10-14(21-9-17-10)8-19(4)13-7-11(5-6-12(13)16)15(20)18(2)3/h5-7,9H,8,16H2,1-4H3. The van der Waals surface area contributed by atoms with E-state index in [0.29, 0.717) is 11.3 Å². The average Bonchev–Trinajstić information content (AvgIpc) is 2.83. The molecule has 6 heteroatoms. The molecule has 0 saturated heterocycles. The van der Waals surface area contributed by atoms with Gasteiger partial charge in [0.2, 0.25) is 0 Å². The van der Waals surface area contributed by atoms with Gasteiger partial charge in [-0.2, -0.15) is 0 Å². The van der Waals surface area contributed by atoms with Gasteiger partial charge in [0.1, 0.15) is 0 Å². The number of amides is 1. The Bertz CT molecular complexity index is 651. The van der Waals surface area contributed by atoms with Crippen LogP contribution in [0.1, 0.15) is 20.9 Å². The van der Waals surface area contributed by atoms with E-state index in [0.717, 1.165) is 17.9 Å². The van der Waals surface area contributed by atoms with E-state index in [1.165, 1.54) is 4.88 Å². The molecule has 112 valence electrons. The number of nitrogens with two attached hydrogens (primary N) is 1. The first-order valence-corrected chi connectivity index (χ1v) is 7.49. The molecule has 0 aliphatic heterocycles. The van der Waals surface area contributed by atoms with Crippen molar-refractivity contribution in [1.82, 2.24) is 9.88 Å². The number of benzene rings is 1. The maximum absolute atomic E-state index is 12.1. The Labute approximate surface area is 129 Å². The molecule has 1 aromatic carbocycles. The van der Waals surface area contributed by atoms with Gasteiger partial charge < -0.3 is 15.5 Å². The number of rotatable bonds is 4. The van der Waals surface area contributed by atoms with Crippen LogP contribution in [0.4, 0.5) is 11.4 Å². The van der Waals surface area contributed by atoms with E-state index in [2.05, 4.69) is 4.98 Å². The smallest absolute Gasteiger partial charge is 0.253 e. The lowest BCUT2D eigenvalue weighted by atomic mass is 10.1. The summed E-state index contributed by atoms with van der Waals surface area (Å²) in [6.45, 7) is 2.72. The highest BCUT2D eigenvalue weighted by Gasteiger charge is 2.14. The third-order valence-corrected chi connectivity index (χ3v) is 4.24. The summed E-state index contributed by atoms with van der Waals surface area (Å²) in [5.74, 6) is -0.0291. The molecule has 21 heavy (non-hydrogen) atoms. The molecule has 1 aromatic heterocycles. The summed E-state index contributed by atoms with van der Waals surface area (Å²) in [6.07, 6.45) is 0. The monoisotopic (exact) mass is 304 g/mol. The van der Waals surface area contributed by atoms with E-state index >= 15 is 0 Å². The first kappa shape index (κ1) is 15.3. The second kappa shape index (κ2) is 6.13. The van der Waals surface area contributed by atoms with Crippen LogP contribution in [-0.4, -0.2) is 36.9 Å². The molecule has 0 spiro atoms. The van der Waals surface area contributed by atoms with Gasteiger partial charge in [0.15, 0.2) is 0 Å². The van der Waals surface area contributed by atoms with Crippen LogP contribution < -0.4 is 10.6 Å². The van der Waals surface area contributed by atoms with Crippen LogP contribution in [0.15, 0.2) is 23.7 Å². The maximum Gasteiger partial charge on any atom is 0.253 e. The Hall–Kier alpha value is -2.08. The summed E-state index contributed by atoms with van der Waals surface area (Å²) in [6, 6.07) is 5.38. The number of carbonyl (C=O) groups is 1. The molecular formula is C15H20N4OS. The summed E-state index contributed by atoms with van der Waals surface area (Å²) < 4.78 is 0. The van der Waals surface area contributed by atoms with Crippen molar-refractivity contribution in [2.45, 2.75) is 13.5 Å². The minimum atomic E-state index is -0.0291. The molecule has 2 N–H and O–H groups in total. The number of nitrogen functional groups attached to an aromatic ring is 1. The van der Waals surface area contributed by atoms with E-state index in [9.17, 15) is 4.79 Å². The molecule has 0 aliphatic carbocycles. The first-order valence-electron chi connectivity index (χ1n) is 6.61. The molecule has 0 unspecified atom stereocenters. The Morgan fingerprint density at radius 1 is 1.33 bits per heavy atom. The topological polar surface area (TPSA) is 62.5 Å². The van der Waals surface area contributed by atoms with Crippen LogP contribution in [0.3, 0.4) is 0 Å². The molecule has 0 aliphatic rings. The number of nitrogens with zero attached hydrogens (tertiary/aromatic N) is 3. The zero-order valence-corrected chi connectivity index (χ0v) is 13.6. The summed E-state index contributed by atoms with van der Waals surface area (Å²) in [5, 5.41) is 0. The molecule has 0 bridgehead atoms. The Morgan fingerprint density at radius 2 is 2.05 bits per heavy atom. The number of anilines is 2. The fraction of sp³-hybridized carbons (Fsp3) is 0.333. The van der Waals surface area contributed by atoms with Gasteiger partial charge in [-0.25, -0.2) is 4.98 Å². The number of carbonyl (C=O) groups excluding carboxylic acids is 1. The number of hydrogen-bond donors (Lipinski definition) is 1. The van der Waals surface area contributed by atoms with Gasteiger partial charge in [-0.05, 0) is 25.1 Å². The highest BCUT2D eigenvalue weighted by atomic mass is 32.1. The van der Waals surface area contributed by atoms with Gasteiger partial charge in [-0.3, -0.25) is 4.79 Å². The molecule has 0 radical (unpaired) electrons. The third-order valence-electron chi connectivity index (χ3n) is 3.32. The molecule has 1 amide bonds. The van der Waals surface area contributed by atoms with Crippen LogP contribution in [-0.2, 0) is 6.54 Å². The van der Waals surface area contributed by atoms with E-state index < -0.39 is 0 Å². The number of aromatic nitrogens is 1. The highest BCUT2D eigenvalue weighted by Crippen LogP contribution is 2.26. The summed E-state index contributed by atoms with van der Waals surface area (Å²) in [5.41, 5.74) is 11.1. The van der Waals surface area contributed by atoms with E-state index in [4.69, 9.17) is 5.73 Å². The molecular weight excluding hydrogens is 284 g/mol. The Morgan fingerprint density at radius 3 is 2.62 bits per heavy atom. The molecule has 2 rings (SSSR count). The third kappa shape index (κ3) is 3.33. The Kier molecular flexibility index (Phi) is 4.47. The predicted molar refractivity (Wildman–Crippen MR) is 87.8 cm³/mol. The lowest BCUT2D eigenvalue weighted by Gasteiger charge is -2.22. The number of hydrogen-bond acceptors (Lipinski definition) is 5. The predicted octanol–water partition coefficient (Wildman–Crippen LogP) is 2.37. The van der Waals surface area contributed by atoms with E-state index in [1.54, 1.807) is 42.5 Å². The molecule has 0 saturated carbocycles. The first-order chi connectivity index (χ1) is 9.90. The van der Waals surface area contributed by atoms with Gasteiger partial charge in [0.05, 0.1) is 29.1 Å². The van der Waals surface area contributed by atoms with Crippen LogP contribution >= 0.6 is 11.3 Å². The minimum absolute atomic E-state index is 0.0291. The van der Waals surface area contributed by atoms with Gasteiger partial charge in [0, 0.05) is 31.6 Å².